The molecule has 2 N–H and O–H groups in total. The van der Waals surface area contributed by atoms with Crippen LogP contribution in [0.15, 0.2) is 22.7 Å². The van der Waals surface area contributed by atoms with Gasteiger partial charge in [-0.1, -0.05) is 15.9 Å². The zero-order valence-electron chi connectivity index (χ0n) is 8.94. The van der Waals surface area contributed by atoms with Crippen molar-refractivity contribution in [1.82, 2.24) is 10.2 Å². The van der Waals surface area contributed by atoms with E-state index in [1.807, 2.05) is 0 Å². The molecule has 1 aromatic rings. The lowest BCUT2D eigenvalue weighted by molar-refractivity contribution is -0.123. The lowest BCUT2D eigenvalue weighted by atomic mass is 10.1. The molecule has 1 aromatic carbocycles. The maximum absolute atomic E-state index is 12.1. The summed E-state index contributed by atoms with van der Waals surface area (Å²) in [6, 6.07) is 4.64. The van der Waals surface area contributed by atoms with Gasteiger partial charge in [-0.3, -0.25) is 9.59 Å². The number of rotatable bonds is 1. The van der Waals surface area contributed by atoms with Gasteiger partial charge in [-0.05, 0) is 18.2 Å². The molecule has 6 heteroatoms. The van der Waals surface area contributed by atoms with Crippen molar-refractivity contribution in [3.63, 3.8) is 0 Å². The average Bonchev–Trinajstić information content (AvgIpc) is 2.31. The molecule has 0 saturated carbocycles. The highest BCUT2D eigenvalue weighted by molar-refractivity contribution is 9.10. The summed E-state index contributed by atoms with van der Waals surface area (Å²) in [5.74, 6) is -0.595. The Kier molecular flexibility index (Phi) is 3.33. The minimum absolute atomic E-state index is 0.0325. The van der Waals surface area contributed by atoms with Crippen LogP contribution in [0.5, 0.6) is 5.75 Å². The van der Waals surface area contributed by atoms with Gasteiger partial charge in [0.05, 0.1) is 12.1 Å². The van der Waals surface area contributed by atoms with Crippen LogP contribution >= 0.6 is 15.9 Å². The molecule has 0 unspecified atom stereocenters. The van der Waals surface area contributed by atoms with Crippen LogP contribution in [-0.4, -0.2) is 41.5 Å². The molecule has 5 nitrogen and oxygen atoms in total. The van der Waals surface area contributed by atoms with Gasteiger partial charge >= 0.3 is 0 Å². The summed E-state index contributed by atoms with van der Waals surface area (Å²) in [6.07, 6.45) is 0. The van der Waals surface area contributed by atoms with Gasteiger partial charge in [0.15, 0.2) is 0 Å². The number of amides is 2. The fraction of sp³-hybridized carbons (Fsp3) is 0.273. The summed E-state index contributed by atoms with van der Waals surface area (Å²) in [4.78, 5) is 24.7. The van der Waals surface area contributed by atoms with E-state index in [2.05, 4.69) is 21.2 Å². The molecule has 0 atom stereocenters. The van der Waals surface area contributed by atoms with E-state index < -0.39 is 0 Å². The molecule has 90 valence electrons. The highest BCUT2D eigenvalue weighted by atomic mass is 79.9. The summed E-state index contributed by atoms with van der Waals surface area (Å²) in [6.45, 7) is 0.931. The van der Waals surface area contributed by atoms with Gasteiger partial charge in [-0.2, -0.15) is 0 Å². The van der Waals surface area contributed by atoms with E-state index in [1.165, 1.54) is 11.0 Å². The average molecular weight is 299 g/mol. The Morgan fingerprint density at radius 3 is 2.94 bits per heavy atom. The summed E-state index contributed by atoms with van der Waals surface area (Å²) >= 11 is 3.24. The van der Waals surface area contributed by atoms with Crippen LogP contribution in [-0.2, 0) is 4.79 Å². The lowest BCUT2D eigenvalue weighted by Crippen LogP contribution is -2.49. The monoisotopic (exact) mass is 298 g/mol. The number of piperazine rings is 1. The lowest BCUT2D eigenvalue weighted by Gasteiger charge is -2.26. The molecule has 2 rings (SSSR count). The third-order valence-corrected chi connectivity index (χ3v) is 3.01. The largest absolute Gasteiger partial charge is 0.507 e. The van der Waals surface area contributed by atoms with E-state index in [4.69, 9.17) is 0 Å². The van der Waals surface area contributed by atoms with Gasteiger partial charge in [-0.15, -0.1) is 0 Å². The Hall–Kier alpha value is -1.56. The minimum Gasteiger partial charge on any atom is -0.507 e. The zero-order chi connectivity index (χ0) is 12.4. The number of carbonyl (C=O) groups excluding carboxylic acids is 2. The first kappa shape index (κ1) is 11.9. The van der Waals surface area contributed by atoms with E-state index >= 15 is 0 Å². The Balaban J connectivity index is 2.24. The zero-order valence-corrected chi connectivity index (χ0v) is 10.5. The van der Waals surface area contributed by atoms with Crippen LogP contribution in [0.1, 0.15) is 10.4 Å². The van der Waals surface area contributed by atoms with Crippen molar-refractivity contribution in [3.8, 4) is 5.75 Å². The minimum atomic E-state index is -0.335. The Labute approximate surface area is 107 Å². The Bertz CT molecular complexity index is 476. The maximum atomic E-state index is 12.1. The molecule has 0 spiro atoms. The van der Waals surface area contributed by atoms with Crippen molar-refractivity contribution >= 4 is 27.7 Å². The van der Waals surface area contributed by atoms with Gasteiger partial charge in [0.25, 0.3) is 5.91 Å². The second kappa shape index (κ2) is 4.75. The van der Waals surface area contributed by atoms with Crippen molar-refractivity contribution in [1.29, 1.82) is 0 Å². The summed E-state index contributed by atoms with van der Waals surface area (Å²) in [7, 11) is 0. The quantitative estimate of drug-likeness (QED) is 0.803. The summed E-state index contributed by atoms with van der Waals surface area (Å²) in [5, 5.41) is 12.3. The highest BCUT2D eigenvalue weighted by Gasteiger charge is 2.24. The Morgan fingerprint density at radius 2 is 2.24 bits per heavy atom. The van der Waals surface area contributed by atoms with Crippen LogP contribution < -0.4 is 5.32 Å². The van der Waals surface area contributed by atoms with Crippen LogP contribution in [0.4, 0.5) is 0 Å². The van der Waals surface area contributed by atoms with Crippen molar-refractivity contribution < 1.29 is 14.7 Å². The molecular formula is C11H11BrN2O3. The molecule has 17 heavy (non-hydrogen) atoms. The van der Waals surface area contributed by atoms with E-state index in [-0.39, 0.29) is 29.7 Å². The third-order valence-electron chi connectivity index (χ3n) is 2.51. The predicted octanol–water partition coefficient (Wildman–Crippen LogP) is 0.727. The SMILES string of the molecule is O=C1CN(C(=O)c2cc(Br)ccc2O)CCN1. The number of aromatic hydroxyl groups is 1. The van der Waals surface area contributed by atoms with Gasteiger partial charge in [-0.25, -0.2) is 0 Å². The van der Waals surface area contributed by atoms with Crippen molar-refractivity contribution in [2.75, 3.05) is 19.6 Å². The smallest absolute Gasteiger partial charge is 0.258 e. The molecule has 1 saturated heterocycles. The first-order chi connectivity index (χ1) is 8.08. The van der Waals surface area contributed by atoms with Gasteiger partial charge in [0.1, 0.15) is 5.75 Å². The number of hydrogen-bond acceptors (Lipinski definition) is 3. The second-order valence-corrected chi connectivity index (χ2v) is 4.65. The molecule has 0 aliphatic carbocycles. The standard InChI is InChI=1S/C11H11BrN2O3/c12-7-1-2-9(15)8(5-7)11(17)14-4-3-13-10(16)6-14/h1-2,5,15H,3-4,6H2,(H,13,16). The molecule has 1 aliphatic rings. The van der Waals surface area contributed by atoms with Crippen LogP contribution in [0.3, 0.4) is 0 Å². The molecule has 2 amide bonds. The molecule has 1 aliphatic heterocycles. The Morgan fingerprint density at radius 1 is 1.47 bits per heavy atom. The fourth-order valence-electron chi connectivity index (χ4n) is 1.66. The number of carbonyl (C=O) groups is 2. The number of phenolic OH excluding ortho intramolecular Hbond substituents is 1. The summed E-state index contributed by atoms with van der Waals surface area (Å²) < 4.78 is 0.708. The van der Waals surface area contributed by atoms with Crippen LogP contribution in [0.25, 0.3) is 0 Å². The van der Waals surface area contributed by atoms with Gasteiger partial charge < -0.3 is 15.3 Å². The predicted molar refractivity (Wildman–Crippen MR) is 64.7 cm³/mol. The third kappa shape index (κ3) is 2.58. The van der Waals surface area contributed by atoms with E-state index in [1.54, 1.807) is 12.1 Å². The number of hydrogen-bond donors (Lipinski definition) is 2. The molecular weight excluding hydrogens is 288 g/mol. The van der Waals surface area contributed by atoms with Crippen molar-refractivity contribution in [2.24, 2.45) is 0 Å². The number of halogens is 1. The molecule has 0 bridgehead atoms. The first-order valence-corrected chi connectivity index (χ1v) is 5.92. The summed E-state index contributed by atoms with van der Waals surface area (Å²) in [5.41, 5.74) is 0.203. The van der Waals surface area contributed by atoms with Crippen LogP contribution in [0, 0.1) is 0 Å². The van der Waals surface area contributed by atoms with E-state index in [9.17, 15) is 14.7 Å². The van der Waals surface area contributed by atoms with E-state index in [0.29, 0.717) is 17.6 Å². The number of benzene rings is 1. The second-order valence-electron chi connectivity index (χ2n) is 3.74. The maximum Gasteiger partial charge on any atom is 0.258 e. The van der Waals surface area contributed by atoms with Gasteiger partial charge in [0, 0.05) is 17.6 Å². The molecule has 0 aromatic heterocycles. The first-order valence-electron chi connectivity index (χ1n) is 5.12. The normalized spacial score (nSPS) is 15.6. The van der Waals surface area contributed by atoms with Crippen LogP contribution in [0.2, 0.25) is 0 Å². The van der Waals surface area contributed by atoms with Crippen molar-refractivity contribution in [2.45, 2.75) is 0 Å². The highest BCUT2D eigenvalue weighted by Crippen LogP contribution is 2.23. The van der Waals surface area contributed by atoms with Gasteiger partial charge in [0.2, 0.25) is 5.91 Å². The topological polar surface area (TPSA) is 69.6 Å². The molecule has 1 fully saturated rings. The fourth-order valence-corrected chi connectivity index (χ4v) is 2.02. The number of phenols is 1. The molecule has 1 heterocycles. The van der Waals surface area contributed by atoms with E-state index in [0.717, 1.165) is 0 Å². The number of nitrogens with zero attached hydrogens (tertiary/aromatic N) is 1. The molecule has 0 radical (unpaired) electrons. The van der Waals surface area contributed by atoms with Crippen molar-refractivity contribution in [3.05, 3.63) is 28.2 Å². The number of nitrogens with one attached hydrogen (secondary N) is 1.